The van der Waals surface area contributed by atoms with Gasteiger partial charge in [-0.15, -0.1) is 11.8 Å². The van der Waals surface area contributed by atoms with E-state index in [1.165, 1.54) is 28.8 Å². The van der Waals surface area contributed by atoms with Gasteiger partial charge in [-0.2, -0.15) is 13.2 Å². The van der Waals surface area contributed by atoms with E-state index < -0.39 is 28.3 Å². The van der Waals surface area contributed by atoms with Gasteiger partial charge in [0.2, 0.25) is 5.91 Å². The fourth-order valence-electron chi connectivity index (χ4n) is 3.49. The first-order valence-corrected chi connectivity index (χ1v) is 10.0. The largest absolute Gasteiger partial charge is 0.444 e. The topological polar surface area (TPSA) is 49.9 Å². The number of carbonyl (C=O) groups is 2. The van der Waals surface area contributed by atoms with Crippen molar-refractivity contribution in [3.05, 3.63) is 29.8 Å². The lowest BCUT2D eigenvalue weighted by molar-refractivity contribution is -0.137. The monoisotopic (exact) mass is 416 g/mol. The molecule has 1 aromatic carbocycles. The Bertz CT molecular complexity index is 768. The quantitative estimate of drug-likeness (QED) is 0.676. The summed E-state index contributed by atoms with van der Waals surface area (Å²) in [4.78, 5) is 27.2. The van der Waals surface area contributed by atoms with Crippen molar-refractivity contribution in [2.45, 2.75) is 50.3 Å². The number of amides is 2. The van der Waals surface area contributed by atoms with Crippen molar-refractivity contribution in [1.29, 1.82) is 0 Å². The standard InChI is InChI=1S/C19H23F3N2O3S/c1-17(2,3)27-16(26)23-9-7-18(8-10-23)24(15(25)12-28-18)14-6-4-5-13(11-14)19(20,21)22/h4-6,11H,7-10,12H2,1-3H3. The third-order valence-electron chi connectivity index (χ3n) is 4.75. The number of thioether (sulfide) groups is 1. The normalized spacial score (nSPS) is 20.0. The second-order valence-corrected chi connectivity index (χ2v) is 9.32. The molecule has 0 unspecified atom stereocenters. The number of carbonyl (C=O) groups excluding carboxylic acids is 2. The van der Waals surface area contributed by atoms with E-state index in [1.807, 2.05) is 0 Å². The van der Waals surface area contributed by atoms with Crippen LogP contribution < -0.4 is 4.90 Å². The summed E-state index contributed by atoms with van der Waals surface area (Å²) in [5.41, 5.74) is -1.14. The average Bonchev–Trinajstić information content (AvgIpc) is 2.89. The predicted octanol–water partition coefficient (Wildman–Crippen LogP) is 4.51. The van der Waals surface area contributed by atoms with E-state index in [0.29, 0.717) is 25.9 Å². The molecule has 2 aliphatic rings. The van der Waals surface area contributed by atoms with Crippen LogP contribution in [0.4, 0.5) is 23.7 Å². The van der Waals surface area contributed by atoms with Crippen LogP contribution in [0.2, 0.25) is 0 Å². The van der Waals surface area contributed by atoms with E-state index in [2.05, 4.69) is 0 Å². The summed E-state index contributed by atoms with van der Waals surface area (Å²) in [6, 6.07) is 4.86. The number of benzene rings is 1. The lowest BCUT2D eigenvalue weighted by Gasteiger charge is -2.44. The molecule has 0 radical (unpaired) electrons. The molecule has 0 N–H and O–H groups in total. The molecule has 2 aliphatic heterocycles. The highest BCUT2D eigenvalue weighted by Gasteiger charge is 2.49. The number of nitrogens with zero attached hydrogens (tertiary/aromatic N) is 2. The minimum absolute atomic E-state index is 0.211. The second kappa shape index (κ2) is 7.17. The molecule has 2 amide bonds. The van der Waals surface area contributed by atoms with Gasteiger partial charge in [0.1, 0.15) is 5.60 Å². The minimum atomic E-state index is -4.47. The van der Waals surface area contributed by atoms with Gasteiger partial charge in [0.15, 0.2) is 0 Å². The Morgan fingerprint density at radius 2 is 1.82 bits per heavy atom. The summed E-state index contributed by atoms with van der Waals surface area (Å²) >= 11 is 1.43. The van der Waals surface area contributed by atoms with Gasteiger partial charge in [-0.1, -0.05) is 6.07 Å². The number of halogens is 3. The van der Waals surface area contributed by atoms with Gasteiger partial charge in [0, 0.05) is 18.8 Å². The first-order valence-electron chi connectivity index (χ1n) is 9.04. The molecule has 154 valence electrons. The zero-order valence-electron chi connectivity index (χ0n) is 16.0. The van der Waals surface area contributed by atoms with Crippen molar-refractivity contribution in [2.75, 3.05) is 23.7 Å². The molecular weight excluding hydrogens is 393 g/mol. The smallest absolute Gasteiger partial charge is 0.416 e. The third-order valence-corrected chi connectivity index (χ3v) is 6.27. The van der Waals surface area contributed by atoms with Crippen molar-refractivity contribution in [3.63, 3.8) is 0 Å². The maximum atomic E-state index is 13.1. The van der Waals surface area contributed by atoms with Gasteiger partial charge in [0.05, 0.1) is 16.2 Å². The van der Waals surface area contributed by atoms with Crippen LogP contribution in [0.1, 0.15) is 39.2 Å². The fraction of sp³-hybridized carbons (Fsp3) is 0.579. The highest BCUT2D eigenvalue weighted by molar-refractivity contribution is 8.02. The van der Waals surface area contributed by atoms with Gasteiger partial charge in [-0.05, 0) is 51.8 Å². The number of piperidine rings is 1. The van der Waals surface area contributed by atoms with Crippen LogP contribution in [0.15, 0.2) is 24.3 Å². The second-order valence-electron chi connectivity index (χ2n) is 7.98. The molecule has 2 saturated heterocycles. The van der Waals surface area contributed by atoms with Gasteiger partial charge >= 0.3 is 12.3 Å². The van der Waals surface area contributed by atoms with E-state index in [-0.39, 0.29) is 17.3 Å². The van der Waals surface area contributed by atoms with Crippen LogP contribution >= 0.6 is 11.8 Å². The number of alkyl halides is 3. The zero-order chi connectivity index (χ0) is 20.7. The number of rotatable bonds is 1. The molecule has 0 aromatic heterocycles. The van der Waals surface area contributed by atoms with Crippen LogP contribution in [0, 0.1) is 0 Å². The number of hydrogen-bond acceptors (Lipinski definition) is 4. The van der Waals surface area contributed by atoms with Crippen LogP contribution in [0.25, 0.3) is 0 Å². The Balaban J connectivity index is 1.79. The van der Waals surface area contributed by atoms with Crippen molar-refractivity contribution < 1.29 is 27.5 Å². The highest BCUT2D eigenvalue weighted by atomic mass is 32.2. The number of anilines is 1. The molecule has 2 fully saturated rings. The van der Waals surface area contributed by atoms with E-state index in [9.17, 15) is 22.8 Å². The minimum Gasteiger partial charge on any atom is -0.444 e. The van der Waals surface area contributed by atoms with E-state index in [4.69, 9.17) is 4.74 Å². The first-order chi connectivity index (χ1) is 12.9. The van der Waals surface area contributed by atoms with E-state index in [0.717, 1.165) is 12.1 Å². The van der Waals surface area contributed by atoms with Crippen molar-refractivity contribution >= 4 is 29.4 Å². The summed E-state index contributed by atoms with van der Waals surface area (Å²) < 4.78 is 44.7. The molecule has 0 aliphatic carbocycles. The van der Waals surface area contributed by atoms with Gasteiger partial charge in [0.25, 0.3) is 0 Å². The first kappa shape index (κ1) is 20.8. The molecule has 0 saturated carbocycles. The molecule has 1 aromatic rings. The Morgan fingerprint density at radius 1 is 1.18 bits per heavy atom. The lowest BCUT2D eigenvalue weighted by atomic mass is 10.0. The van der Waals surface area contributed by atoms with E-state index >= 15 is 0 Å². The van der Waals surface area contributed by atoms with Crippen molar-refractivity contribution in [3.8, 4) is 0 Å². The highest BCUT2D eigenvalue weighted by Crippen LogP contribution is 2.47. The Labute approximate surface area is 166 Å². The van der Waals surface area contributed by atoms with Gasteiger partial charge in [-0.25, -0.2) is 4.79 Å². The molecular formula is C19H23F3N2O3S. The van der Waals surface area contributed by atoms with Crippen LogP contribution in [-0.2, 0) is 15.7 Å². The molecule has 28 heavy (non-hydrogen) atoms. The van der Waals surface area contributed by atoms with E-state index in [1.54, 1.807) is 25.7 Å². The Kier molecular flexibility index (Phi) is 5.33. The predicted molar refractivity (Wildman–Crippen MR) is 101 cm³/mol. The van der Waals surface area contributed by atoms with Gasteiger partial charge < -0.3 is 9.64 Å². The summed E-state index contributed by atoms with van der Waals surface area (Å²) in [6.45, 7) is 6.13. The number of ether oxygens (including phenoxy) is 1. The van der Waals surface area contributed by atoms with Crippen molar-refractivity contribution in [2.24, 2.45) is 0 Å². The SMILES string of the molecule is CC(C)(C)OC(=O)N1CCC2(CC1)SCC(=O)N2c1cccc(C(F)(F)F)c1. The third kappa shape index (κ3) is 4.24. The summed E-state index contributed by atoms with van der Waals surface area (Å²) in [5.74, 6) is -0.00193. The Hall–Kier alpha value is -1.90. The van der Waals surface area contributed by atoms with Gasteiger partial charge in [-0.3, -0.25) is 9.69 Å². The van der Waals surface area contributed by atoms with Crippen LogP contribution in [0.5, 0.6) is 0 Å². The molecule has 2 heterocycles. The van der Waals surface area contributed by atoms with Crippen molar-refractivity contribution in [1.82, 2.24) is 4.90 Å². The maximum absolute atomic E-state index is 13.1. The molecule has 0 bridgehead atoms. The summed E-state index contributed by atoms with van der Waals surface area (Å²) in [5, 5.41) is 0. The van der Waals surface area contributed by atoms with Crippen LogP contribution in [0.3, 0.4) is 0 Å². The number of hydrogen-bond donors (Lipinski definition) is 0. The summed E-state index contributed by atoms with van der Waals surface area (Å²) in [7, 11) is 0. The average molecular weight is 416 g/mol. The summed E-state index contributed by atoms with van der Waals surface area (Å²) in [6.07, 6.45) is -3.95. The molecule has 3 rings (SSSR count). The molecule has 9 heteroatoms. The molecule has 5 nitrogen and oxygen atoms in total. The fourth-order valence-corrected chi connectivity index (χ4v) is 4.81. The Morgan fingerprint density at radius 3 is 2.39 bits per heavy atom. The maximum Gasteiger partial charge on any atom is 0.416 e. The molecule has 0 atom stereocenters. The number of likely N-dealkylation sites (tertiary alicyclic amines) is 1. The van der Waals surface area contributed by atoms with Crippen LogP contribution in [-0.4, -0.2) is 46.2 Å². The molecule has 1 spiro atoms. The zero-order valence-corrected chi connectivity index (χ0v) is 16.8. The lowest BCUT2D eigenvalue weighted by Crippen LogP contribution is -2.53.